The lowest BCUT2D eigenvalue weighted by Crippen LogP contribution is -2.28. The average Bonchev–Trinajstić information content (AvgIpc) is 2.85. The summed E-state index contributed by atoms with van der Waals surface area (Å²) in [5, 5.41) is 0. The Morgan fingerprint density at radius 1 is 0.848 bits per heavy atom. The van der Waals surface area contributed by atoms with Crippen LogP contribution in [0, 0.1) is 0 Å². The van der Waals surface area contributed by atoms with Crippen LogP contribution in [0.1, 0.15) is 31.9 Å². The van der Waals surface area contributed by atoms with Crippen LogP contribution in [-0.4, -0.2) is 31.9 Å². The van der Waals surface area contributed by atoms with Crippen molar-refractivity contribution in [3.63, 3.8) is 0 Å². The second kappa shape index (κ2) is 12.6. The summed E-state index contributed by atoms with van der Waals surface area (Å²) in [5.41, 5.74) is 5.76. The molecule has 3 aromatic carbocycles. The number of carbonyl (C=O) groups excluding carboxylic acids is 1. The first-order valence-electron chi connectivity index (χ1n) is 11.4. The van der Waals surface area contributed by atoms with Crippen molar-refractivity contribution < 1.29 is 19.0 Å². The van der Waals surface area contributed by atoms with E-state index < -0.39 is 6.10 Å². The first kappa shape index (κ1) is 24.3. The van der Waals surface area contributed by atoms with Crippen LogP contribution in [-0.2, 0) is 20.7 Å². The average molecular weight is 445 g/mol. The van der Waals surface area contributed by atoms with Gasteiger partial charge in [0.2, 0.25) is 0 Å². The van der Waals surface area contributed by atoms with Gasteiger partial charge in [-0.15, -0.1) is 0 Å². The Morgan fingerprint density at radius 3 is 2.15 bits per heavy atom. The maximum absolute atomic E-state index is 12.0. The minimum Gasteiger partial charge on any atom is -0.490 e. The normalized spacial score (nSPS) is 12.3. The molecular formula is C29H32O4. The first-order chi connectivity index (χ1) is 16.1. The van der Waals surface area contributed by atoms with E-state index >= 15 is 0 Å². The highest BCUT2D eigenvalue weighted by atomic mass is 16.6. The maximum Gasteiger partial charge on any atom is 0.335 e. The van der Waals surface area contributed by atoms with E-state index in [9.17, 15) is 4.79 Å². The molecule has 0 N–H and O–H groups in total. The van der Waals surface area contributed by atoms with Gasteiger partial charge in [-0.1, -0.05) is 66.7 Å². The van der Waals surface area contributed by atoms with Crippen LogP contribution in [0.3, 0.4) is 0 Å². The predicted molar refractivity (Wildman–Crippen MR) is 133 cm³/mol. The minimum atomic E-state index is -0.583. The highest BCUT2D eigenvalue weighted by Crippen LogP contribution is 2.22. The van der Waals surface area contributed by atoms with E-state index in [1.165, 1.54) is 22.3 Å². The van der Waals surface area contributed by atoms with Crippen molar-refractivity contribution in [2.75, 3.05) is 19.8 Å². The zero-order valence-electron chi connectivity index (χ0n) is 19.6. The van der Waals surface area contributed by atoms with Crippen LogP contribution < -0.4 is 4.74 Å². The third kappa shape index (κ3) is 7.33. The topological polar surface area (TPSA) is 44.8 Å². The van der Waals surface area contributed by atoms with Gasteiger partial charge in [0.15, 0.2) is 6.10 Å². The van der Waals surface area contributed by atoms with Gasteiger partial charge in [-0.05, 0) is 66.8 Å². The van der Waals surface area contributed by atoms with Crippen LogP contribution in [0.5, 0.6) is 5.75 Å². The summed E-state index contributed by atoms with van der Waals surface area (Å²) in [4.78, 5) is 12.0. The fourth-order valence-electron chi connectivity index (χ4n) is 3.52. The molecule has 1 unspecified atom stereocenters. The van der Waals surface area contributed by atoms with Crippen molar-refractivity contribution in [3.05, 3.63) is 96.1 Å². The molecule has 0 radical (unpaired) electrons. The smallest absolute Gasteiger partial charge is 0.335 e. The molecule has 33 heavy (non-hydrogen) atoms. The van der Waals surface area contributed by atoms with Gasteiger partial charge in [-0.3, -0.25) is 0 Å². The Hall–Kier alpha value is -3.37. The van der Waals surface area contributed by atoms with Crippen molar-refractivity contribution in [1.29, 1.82) is 0 Å². The summed E-state index contributed by atoms with van der Waals surface area (Å²) in [6, 6.07) is 26.7. The number of carbonyl (C=O) groups is 1. The highest BCUT2D eigenvalue weighted by Gasteiger charge is 2.20. The molecule has 0 spiro atoms. The van der Waals surface area contributed by atoms with Gasteiger partial charge in [0.1, 0.15) is 12.4 Å². The molecule has 0 saturated carbocycles. The molecule has 1 atom stereocenters. The van der Waals surface area contributed by atoms with Crippen LogP contribution in [0.25, 0.3) is 16.7 Å². The summed E-state index contributed by atoms with van der Waals surface area (Å²) in [6.07, 6.45) is 1.97. The summed E-state index contributed by atoms with van der Waals surface area (Å²) < 4.78 is 16.5. The van der Waals surface area contributed by atoms with E-state index in [2.05, 4.69) is 61.5 Å². The van der Waals surface area contributed by atoms with E-state index in [0.29, 0.717) is 26.2 Å². The predicted octanol–water partition coefficient (Wildman–Crippen LogP) is 6.35. The van der Waals surface area contributed by atoms with Gasteiger partial charge in [-0.2, -0.15) is 0 Å². The molecule has 0 amide bonds. The van der Waals surface area contributed by atoms with Crippen LogP contribution >= 0.6 is 0 Å². The van der Waals surface area contributed by atoms with Gasteiger partial charge in [0.05, 0.1) is 6.61 Å². The molecule has 4 heteroatoms. The largest absolute Gasteiger partial charge is 0.490 e. The number of hydrogen-bond acceptors (Lipinski definition) is 4. The Balaban J connectivity index is 1.54. The molecular weight excluding hydrogens is 412 g/mol. The van der Waals surface area contributed by atoms with Gasteiger partial charge in [0.25, 0.3) is 0 Å². The van der Waals surface area contributed by atoms with Gasteiger partial charge < -0.3 is 14.2 Å². The van der Waals surface area contributed by atoms with E-state index in [1.54, 1.807) is 6.92 Å². The van der Waals surface area contributed by atoms with Gasteiger partial charge in [0, 0.05) is 13.0 Å². The molecule has 0 heterocycles. The molecule has 3 rings (SSSR count). The third-order valence-electron chi connectivity index (χ3n) is 5.35. The minimum absolute atomic E-state index is 0.322. The standard InChI is InChI=1S/C29H32O4/c1-4-31-28(29(30)32-5-2)21-23-11-17-27(18-12-23)33-20-19-22(3)24-13-15-26(16-14-24)25-9-7-6-8-10-25/h6-19,28H,4-5,20-21H2,1-3H3. The maximum atomic E-state index is 12.0. The third-order valence-corrected chi connectivity index (χ3v) is 5.35. The van der Waals surface area contributed by atoms with E-state index in [-0.39, 0.29) is 5.97 Å². The van der Waals surface area contributed by atoms with E-state index in [4.69, 9.17) is 14.2 Å². The second-order valence-corrected chi connectivity index (χ2v) is 7.69. The Bertz CT molecular complexity index is 1020. The number of hydrogen-bond donors (Lipinski definition) is 0. The van der Waals surface area contributed by atoms with Gasteiger partial charge >= 0.3 is 5.97 Å². The van der Waals surface area contributed by atoms with Crippen molar-refractivity contribution in [3.8, 4) is 16.9 Å². The lowest BCUT2D eigenvalue weighted by atomic mass is 10.0. The highest BCUT2D eigenvalue weighted by molar-refractivity contribution is 5.75. The molecule has 0 aliphatic heterocycles. The summed E-state index contributed by atoms with van der Waals surface area (Å²) in [5.74, 6) is 0.461. The number of benzene rings is 3. The molecule has 0 bridgehead atoms. The van der Waals surface area contributed by atoms with Crippen molar-refractivity contribution >= 4 is 11.5 Å². The molecule has 0 aromatic heterocycles. The lowest BCUT2D eigenvalue weighted by Gasteiger charge is -2.15. The molecule has 0 saturated heterocycles. The molecule has 172 valence electrons. The van der Waals surface area contributed by atoms with Crippen molar-refractivity contribution in [1.82, 2.24) is 0 Å². The summed E-state index contributed by atoms with van der Waals surface area (Å²) in [7, 11) is 0. The zero-order valence-corrected chi connectivity index (χ0v) is 19.6. The Labute approximate surface area is 196 Å². The van der Waals surface area contributed by atoms with Crippen molar-refractivity contribution in [2.45, 2.75) is 33.3 Å². The Morgan fingerprint density at radius 2 is 1.52 bits per heavy atom. The van der Waals surface area contributed by atoms with Gasteiger partial charge in [-0.25, -0.2) is 4.79 Å². The quantitative estimate of drug-likeness (QED) is 0.323. The van der Waals surface area contributed by atoms with E-state index in [1.807, 2.05) is 37.3 Å². The van der Waals surface area contributed by atoms with E-state index in [0.717, 1.165) is 11.3 Å². The zero-order chi connectivity index (χ0) is 23.5. The number of ether oxygens (including phenoxy) is 3. The van der Waals surface area contributed by atoms with Crippen LogP contribution in [0.15, 0.2) is 84.9 Å². The Kier molecular flexibility index (Phi) is 9.28. The molecule has 4 nitrogen and oxygen atoms in total. The molecule has 0 aliphatic carbocycles. The summed E-state index contributed by atoms with van der Waals surface area (Å²) in [6.45, 7) is 7.05. The van der Waals surface area contributed by atoms with Crippen LogP contribution in [0.2, 0.25) is 0 Å². The monoisotopic (exact) mass is 444 g/mol. The fraction of sp³-hybridized carbons (Fsp3) is 0.276. The SMILES string of the molecule is CCOC(=O)C(Cc1ccc(OCC=C(C)c2ccc(-c3ccccc3)cc2)cc1)OCC. The lowest BCUT2D eigenvalue weighted by molar-refractivity contribution is -0.156. The first-order valence-corrected chi connectivity index (χ1v) is 11.4. The molecule has 0 fully saturated rings. The summed E-state index contributed by atoms with van der Waals surface area (Å²) >= 11 is 0. The van der Waals surface area contributed by atoms with Crippen LogP contribution in [0.4, 0.5) is 0 Å². The molecule has 0 aliphatic rings. The number of esters is 1. The number of rotatable bonds is 11. The number of allylic oxidation sites excluding steroid dienone is 1. The van der Waals surface area contributed by atoms with Crippen molar-refractivity contribution in [2.24, 2.45) is 0 Å². The second-order valence-electron chi connectivity index (χ2n) is 7.69. The molecule has 3 aromatic rings. The fourth-order valence-corrected chi connectivity index (χ4v) is 3.52.